The quantitative estimate of drug-likeness (QED) is 0.649. The molecular weight excluding hydrogens is 270 g/mol. The van der Waals surface area contributed by atoms with Gasteiger partial charge in [0.15, 0.2) is 0 Å². The lowest BCUT2D eigenvalue weighted by atomic mass is 10.1. The summed E-state index contributed by atoms with van der Waals surface area (Å²) >= 11 is 0. The Balaban J connectivity index is 2.24. The second-order valence-corrected chi connectivity index (χ2v) is 4.55. The van der Waals surface area contributed by atoms with E-state index in [1.165, 1.54) is 12.1 Å². The summed E-state index contributed by atoms with van der Waals surface area (Å²) in [5, 5.41) is 14.2. The van der Waals surface area contributed by atoms with E-state index < -0.39 is 4.92 Å². The van der Waals surface area contributed by atoms with E-state index in [0.29, 0.717) is 18.0 Å². The number of aromatic nitrogens is 1. The smallest absolute Gasteiger partial charge is 0.275 e. The summed E-state index contributed by atoms with van der Waals surface area (Å²) in [7, 11) is 0. The predicted octanol–water partition coefficient (Wildman–Crippen LogP) is 3.56. The number of non-ortho nitro benzene ring substituents is 1. The topological polar surface area (TPSA) is 77.3 Å². The first-order chi connectivity index (χ1) is 10.1. The highest BCUT2D eigenvalue weighted by Crippen LogP contribution is 2.28. The van der Waals surface area contributed by atoms with Crippen molar-refractivity contribution < 1.29 is 9.66 Å². The van der Waals surface area contributed by atoms with Gasteiger partial charge in [-0.2, -0.15) is 0 Å². The average molecular weight is 287 g/mol. The first kappa shape index (κ1) is 14.8. The fraction of sp³-hybridized carbons (Fsp3) is 0.267. The Bertz CT molecular complexity index is 617. The monoisotopic (exact) mass is 287 g/mol. The van der Waals surface area contributed by atoms with Crippen LogP contribution in [0.15, 0.2) is 42.7 Å². The molecule has 21 heavy (non-hydrogen) atoms. The number of nitrogens with zero attached hydrogens (tertiary/aromatic N) is 2. The van der Waals surface area contributed by atoms with Crippen LogP contribution in [-0.2, 0) is 0 Å². The Labute approximate surface area is 122 Å². The van der Waals surface area contributed by atoms with Gasteiger partial charge >= 0.3 is 0 Å². The van der Waals surface area contributed by atoms with Gasteiger partial charge < -0.3 is 10.1 Å². The molecule has 0 fully saturated rings. The molecule has 0 aliphatic carbocycles. The van der Waals surface area contributed by atoms with Gasteiger partial charge in [-0.05, 0) is 31.5 Å². The Morgan fingerprint density at radius 3 is 2.67 bits per heavy atom. The largest absolute Gasteiger partial charge is 0.494 e. The van der Waals surface area contributed by atoms with Crippen molar-refractivity contribution in [3.05, 3.63) is 58.4 Å². The number of ether oxygens (including phenoxy) is 1. The molecule has 0 aliphatic heterocycles. The van der Waals surface area contributed by atoms with Crippen LogP contribution in [0.1, 0.15) is 25.5 Å². The standard InChI is InChI=1S/C15H17N3O3/c1-3-21-15-9-13(8-14(10-15)18(19)20)17-11(2)12-4-6-16-7-5-12/h4-11,17H,3H2,1-2H3. The van der Waals surface area contributed by atoms with Crippen LogP contribution in [0.5, 0.6) is 5.75 Å². The molecule has 0 aliphatic rings. The summed E-state index contributed by atoms with van der Waals surface area (Å²) in [6, 6.07) is 8.49. The summed E-state index contributed by atoms with van der Waals surface area (Å²) < 4.78 is 5.37. The van der Waals surface area contributed by atoms with Crippen LogP contribution in [0.25, 0.3) is 0 Å². The van der Waals surface area contributed by atoms with E-state index in [1.54, 1.807) is 18.5 Å². The zero-order chi connectivity index (χ0) is 15.2. The molecule has 2 rings (SSSR count). The molecule has 0 saturated carbocycles. The molecule has 6 nitrogen and oxygen atoms in total. The van der Waals surface area contributed by atoms with E-state index >= 15 is 0 Å². The normalized spacial score (nSPS) is 11.7. The highest BCUT2D eigenvalue weighted by molar-refractivity contribution is 5.57. The number of hydrogen-bond donors (Lipinski definition) is 1. The fourth-order valence-corrected chi connectivity index (χ4v) is 2.01. The van der Waals surface area contributed by atoms with Gasteiger partial charge in [0.25, 0.3) is 5.69 Å². The van der Waals surface area contributed by atoms with Crippen molar-refractivity contribution in [3.63, 3.8) is 0 Å². The minimum atomic E-state index is -0.426. The summed E-state index contributed by atoms with van der Waals surface area (Å²) in [4.78, 5) is 14.5. The third-order valence-corrected chi connectivity index (χ3v) is 3.00. The number of nitro benzene ring substituents is 1. The highest BCUT2D eigenvalue weighted by Gasteiger charge is 2.12. The Morgan fingerprint density at radius 1 is 1.33 bits per heavy atom. The zero-order valence-electron chi connectivity index (χ0n) is 11.9. The van der Waals surface area contributed by atoms with Crippen LogP contribution < -0.4 is 10.1 Å². The van der Waals surface area contributed by atoms with E-state index in [4.69, 9.17) is 4.74 Å². The molecule has 1 aromatic carbocycles. The molecule has 1 aromatic heterocycles. The van der Waals surface area contributed by atoms with Gasteiger partial charge in [-0.15, -0.1) is 0 Å². The molecule has 0 spiro atoms. The maximum Gasteiger partial charge on any atom is 0.275 e. The predicted molar refractivity (Wildman–Crippen MR) is 80.5 cm³/mol. The van der Waals surface area contributed by atoms with Crippen molar-refractivity contribution in [2.75, 3.05) is 11.9 Å². The molecular formula is C15H17N3O3. The van der Waals surface area contributed by atoms with Crippen molar-refractivity contribution in [3.8, 4) is 5.75 Å². The summed E-state index contributed by atoms with van der Waals surface area (Å²) in [6.45, 7) is 4.28. The van der Waals surface area contributed by atoms with Crippen LogP contribution >= 0.6 is 0 Å². The number of anilines is 1. The number of hydrogen-bond acceptors (Lipinski definition) is 5. The lowest BCUT2D eigenvalue weighted by molar-refractivity contribution is -0.384. The molecule has 1 N–H and O–H groups in total. The Hall–Kier alpha value is -2.63. The van der Waals surface area contributed by atoms with Gasteiger partial charge in [0.1, 0.15) is 5.75 Å². The molecule has 110 valence electrons. The van der Waals surface area contributed by atoms with Gasteiger partial charge in [0.05, 0.1) is 17.6 Å². The minimum Gasteiger partial charge on any atom is -0.494 e. The summed E-state index contributed by atoms with van der Waals surface area (Å²) in [6.07, 6.45) is 3.43. The van der Waals surface area contributed by atoms with Gasteiger partial charge in [0.2, 0.25) is 0 Å². The highest BCUT2D eigenvalue weighted by atomic mass is 16.6. The van der Waals surface area contributed by atoms with Crippen LogP contribution in [-0.4, -0.2) is 16.5 Å². The van der Waals surface area contributed by atoms with E-state index in [-0.39, 0.29) is 11.7 Å². The van der Waals surface area contributed by atoms with Crippen molar-refractivity contribution in [2.24, 2.45) is 0 Å². The lowest BCUT2D eigenvalue weighted by Gasteiger charge is -2.16. The molecule has 2 aromatic rings. The summed E-state index contributed by atoms with van der Waals surface area (Å²) in [5.41, 5.74) is 1.71. The number of benzene rings is 1. The van der Waals surface area contributed by atoms with Gasteiger partial charge in [-0.25, -0.2) is 0 Å². The fourth-order valence-electron chi connectivity index (χ4n) is 2.01. The van der Waals surface area contributed by atoms with E-state index in [1.807, 2.05) is 26.0 Å². The second-order valence-electron chi connectivity index (χ2n) is 4.55. The van der Waals surface area contributed by atoms with Crippen LogP contribution in [0.3, 0.4) is 0 Å². The van der Waals surface area contributed by atoms with Gasteiger partial charge in [-0.1, -0.05) is 0 Å². The third-order valence-electron chi connectivity index (χ3n) is 3.00. The van der Waals surface area contributed by atoms with Crippen molar-refractivity contribution >= 4 is 11.4 Å². The number of pyridine rings is 1. The van der Waals surface area contributed by atoms with Gasteiger partial charge in [0, 0.05) is 36.3 Å². The molecule has 0 saturated heterocycles. The van der Waals surface area contributed by atoms with E-state index in [9.17, 15) is 10.1 Å². The molecule has 6 heteroatoms. The molecule has 0 radical (unpaired) electrons. The molecule has 1 atom stereocenters. The summed E-state index contributed by atoms with van der Waals surface area (Å²) in [5.74, 6) is 0.483. The first-order valence-corrected chi connectivity index (χ1v) is 6.69. The minimum absolute atomic E-state index is 0.00415. The SMILES string of the molecule is CCOc1cc(NC(C)c2ccncc2)cc([N+](=O)[O-])c1. The lowest BCUT2D eigenvalue weighted by Crippen LogP contribution is -2.07. The van der Waals surface area contributed by atoms with Crippen molar-refractivity contribution in [2.45, 2.75) is 19.9 Å². The van der Waals surface area contributed by atoms with Crippen LogP contribution in [0, 0.1) is 10.1 Å². The van der Waals surface area contributed by atoms with Crippen molar-refractivity contribution in [1.82, 2.24) is 4.98 Å². The van der Waals surface area contributed by atoms with Gasteiger partial charge in [-0.3, -0.25) is 15.1 Å². The Kier molecular flexibility index (Phi) is 4.71. The molecule has 1 unspecified atom stereocenters. The van der Waals surface area contributed by atoms with Crippen LogP contribution in [0.4, 0.5) is 11.4 Å². The second kappa shape index (κ2) is 6.69. The third kappa shape index (κ3) is 3.92. The zero-order valence-corrected chi connectivity index (χ0v) is 11.9. The van der Waals surface area contributed by atoms with E-state index in [2.05, 4.69) is 10.3 Å². The average Bonchev–Trinajstić information content (AvgIpc) is 2.48. The molecule has 0 amide bonds. The molecule has 1 heterocycles. The number of nitro groups is 1. The maximum absolute atomic E-state index is 11.0. The van der Waals surface area contributed by atoms with Crippen LogP contribution in [0.2, 0.25) is 0 Å². The Morgan fingerprint density at radius 2 is 2.05 bits per heavy atom. The maximum atomic E-state index is 11.0. The molecule has 0 bridgehead atoms. The van der Waals surface area contributed by atoms with Crippen molar-refractivity contribution in [1.29, 1.82) is 0 Å². The number of nitrogens with one attached hydrogen (secondary N) is 1. The van der Waals surface area contributed by atoms with E-state index in [0.717, 1.165) is 5.56 Å². The number of rotatable bonds is 6. The first-order valence-electron chi connectivity index (χ1n) is 6.69.